The second-order valence-electron chi connectivity index (χ2n) is 6.29. The Bertz CT molecular complexity index is 849. The maximum absolute atomic E-state index is 12.5. The largest absolute Gasteiger partial charge is 0.508 e. The number of nitrogens with zero attached hydrogens (tertiary/aromatic N) is 3. The predicted molar refractivity (Wildman–Crippen MR) is 107 cm³/mol. The van der Waals surface area contributed by atoms with Crippen LogP contribution in [-0.2, 0) is 17.8 Å². The van der Waals surface area contributed by atoms with Crippen LogP contribution in [0.25, 0.3) is 5.69 Å². The summed E-state index contributed by atoms with van der Waals surface area (Å²) in [4.78, 5) is 14.1. The molecule has 142 valence electrons. The summed E-state index contributed by atoms with van der Waals surface area (Å²) in [6, 6.07) is 15.9. The van der Waals surface area contributed by atoms with Crippen LogP contribution in [-0.4, -0.2) is 38.8 Å². The maximum Gasteiger partial charge on any atom is 0.239 e. The highest BCUT2D eigenvalue weighted by atomic mass is 35.5. The molecule has 2 aromatic carbocycles. The van der Waals surface area contributed by atoms with Crippen LogP contribution in [0.5, 0.6) is 5.75 Å². The quantitative estimate of drug-likeness (QED) is 0.681. The molecule has 1 amide bonds. The number of phenols is 1. The summed E-state index contributed by atoms with van der Waals surface area (Å²) in [7, 11) is 1.75. The van der Waals surface area contributed by atoms with Gasteiger partial charge >= 0.3 is 0 Å². The Kier molecular flexibility index (Phi) is 6.98. The van der Waals surface area contributed by atoms with E-state index in [4.69, 9.17) is 5.73 Å². The highest BCUT2D eigenvalue weighted by Gasteiger charge is 2.18. The molecule has 1 aromatic heterocycles. The monoisotopic (exact) mass is 386 g/mol. The van der Waals surface area contributed by atoms with Gasteiger partial charge in [-0.2, -0.15) is 5.10 Å². The molecule has 6 nitrogen and oxygen atoms in total. The summed E-state index contributed by atoms with van der Waals surface area (Å²) >= 11 is 0. The third kappa shape index (κ3) is 5.32. The highest BCUT2D eigenvalue weighted by molar-refractivity contribution is 5.85. The molecule has 0 aliphatic rings. The number of aromatic nitrogens is 2. The van der Waals surface area contributed by atoms with E-state index in [1.807, 2.05) is 36.5 Å². The van der Waals surface area contributed by atoms with Gasteiger partial charge in [0.15, 0.2) is 0 Å². The lowest BCUT2D eigenvalue weighted by Crippen LogP contribution is -2.42. The van der Waals surface area contributed by atoms with E-state index in [1.165, 1.54) is 0 Å². The van der Waals surface area contributed by atoms with E-state index in [-0.39, 0.29) is 24.1 Å². The van der Waals surface area contributed by atoms with Crippen LogP contribution in [0.4, 0.5) is 0 Å². The summed E-state index contributed by atoms with van der Waals surface area (Å²) in [5.74, 6) is 0.0820. The number of phenolic OH excluding ortho intramolecular Hbond substituents is 1. The van der Waals surface area contributed by atoms with Crippen molar-refractivity contribution in [1.29, 1.82) is 0 Å². The predicted octanol–water partition coefficient (Wildman–Crippen LogP) is 2.53. The Balaban J connectivity index is 0.00000261. The minimum absolute atomic E-state index is 0. The molecule has 0 saturated carbocycles. The fourth-order valence-electron chi connectivity index (χ4n) is 2.78. The van der Waals surface area contributed by atoms with Gasteiger partial charge in [0.25, 0.3) is 0 Å². The molecule has 7 heteroatoms. The van der Waals surface area contributed by atoms with E-state index in [0.717, 1.165) is 16.8 Å². The Morgan fingerprint density at radius 1 is 1.15 bits per heavy atom. The van der Waals surface area contributed by atoms with Crippen LogP contribution in [0, 0.1) is 0 Å². The molecule has 3 N–H and O–H groups in total. The highest BCUT2D eigenvalue weighted by Crippen LogP contribution is 2.13. The van der Waals surface area contributed by atoms with Crippen molar-refractivity contribution in [2.75, 3.05) is 7.05 Å². The molecule has 1 atom stereocenters. The van der Waals surface area contributed by atoms with Crippen molar-refractivity contribution >= 4 is 18.3 Å². The SMILES string of the molecule is CN(Cc1ccc(-n2cccn2)cc1)C(=O)[C@@H](N)Cc1ccc(O)cc1.Cl. The zero-order valence-corrected chi connectivity index (χ0v) is 15.8. The number of benzene rings is 2. The lowest BCUT2D eigenvalue weighted by atomic mass is 10.1. The molecule has 27 heavy (non-hydrogen) atoms. The van der Waals surface area contributed by atoms with Gasteiger partial charge in [-0.3, -0.25) is 4.79 Å². The Morgan fingerprint density at radius 2 is 1.78 bits per heavy atom. The normalized spacial score (nSPS) is 11.5. The standard InChI is InChI=1S/C20H22N4O2.ClH/c1-23(20(26)19(21)13-15-5-9-18(25)10-6-15)14-16-3-7-17(8-4-16)24-12-2-11-22-24;/h2-12,19,25H,13-14,21H2,1H3;1H/t19-;/m0./s1. The molecule has 3 aromatic rings. The van der Waals surface area contributed by atoms with Gasteiger partial charge in [0.05, 0.1) is 11.7 Å². The topological polar surface area (TPSA) is 84.4 Å². The van der Waals surface area contributed by atoms with Crippen LogP contribution >= 0.6 is 12.4 Å². The van der Waals surface area contributed by atoms with E-state index in [0.29, 0.717) is 13.0 Å². The third-order valence-corrected chi connectivity index (χ3v) is 4.21. The molecule has 1 heterocycles. The van der Waals surface area contributed by atoms with Crippen molar-refractivity contribution in [1.82, 2.24) is 14.7 Å². The number of carbonyl (C=O) groups excluding carboxylic acids is 1. The summed E-state index contributed by atoms with van der Waals surface area (Å²) < 4.78 is 1.78. The molecule has 0 unspecified atom stereocenters. The summed E-state index contributed by atoms with van der Waals surface area (Å²) in [6.45, 7) is 0.488. The Morgan fingerprint density at radius 3 is 2.37 bits per heavy atom. The molecule has 0 spiro atoms. The fraction of sp³-hybridized carbons (Fsp3) is 0.200. The van der Waals surface area contributed by atoms with Gasteiger partial charge in [0, 0.05) is 26.0 Å². The van der Waals surface area contributed by atoms with Crippen molar-refractivity contribution in [3.8, 4) is 11.4 Å². The first kappa shape index (κ1) is 20.5. The Hall–Kier alpha value is -2.83. The third-order valence-electron chi connectivity index (χ3n) is 4.21. The number of amides is 1. The van der Waals surface area contributed by atoms with Crippen LogP contribution in [0.2, 0.25) is 0 Å². The average Bonchev–Trinajstić information content (AvgIpc) is 3.18. The number of hydrogen-bond acceptors (Lipinski definition) is 4. The molecule has 0 saturated heterocycles. The minimum Gasteiger partial charge on any atom is -0.508 e. The van der Waals surface area contributed by atoms with Gasteiger partial charge in [-0.15, -0.1) is 12.4 Å². The first-order valence-electron chi connectivity index (χ1n) is 8.40. The smallest absolute Gasteiger partial charge is 0.239 e. The number of hydrogen-bond donors (Lipinski definition) is 2. The zero-order chi connectivity index (χ0) is 18.5. The maximum atomic E-state index is 12.5. The van der Waals surface area contributed by atoms with Crippen molar-refractivity contribution in [2.24, 2.45) is 5.73 Å². The van der Waals surface area contributed by atoms with E-state index >= 15 is 0 Å². The lowest BCUT2D eigenvalue weighted by molar-refractivity contribution is -0.131. The van der Waals surface area contributed by atoms with Gasteiger partial charge in [0.1, 0.15) is 5.75 Å². The molecular formula is C20H23ClN4O2. The lowest BCUT2D eigenvalue weighted by Gasteiger charge is -2.21. The van der Waals surface area contributed by atoms with Crippen molar-refractivity contribution in [2.45, 2.75) is 19.0 Å². The second-order valence-corrected chi connectivity index (χ2v) is 6.29. The van der Waals surface area contributed by atoms with E-state index in [9.17, 15) is 9.90 Å². The first-order valence-corrected chi connectivity index (χ1v) is 8.40. The van der Waals surface area contributed by atoms with E-state index in [1.54, 1.807) is 47.1 Å². The first-order chi connectivity index (χ1) is 12.5. The number of halogens is 1. The number of rotatable bonds is 6. The van der Waals surface area contributed by atoms with Crippen molar-refractivity contribution < 1.29 is 9.90 Å². The molecule has 3 rings (SSSR count). The van der Waals surface area contributed by atoms with Crippen LogP contribution in [0.15, 0.2) is 67.0 Å². The van der Waals surface area contributed by atoms with Gasteiger partial charge in [-0.1, -0.05) is 24.3 Å². The van der Waals surface area contributed by atoms with Crippen molar-refractivity contribution in [3.63, 3.8) is 0 Å². The Labute approximate surface area is 164 Å². The van der Waals surface area contributed by atoms with Gasteiger partial charge in [0.2, 0.25) is 5.91 Å². The van der Waals surface area contributed by atoms with Gasteiger partial charge in [-0.05, 0) is 47.9 Å². The second kappa shape index (κ2) is 9.21. The molecular weight excluding hydrogens is 364 g/mol. The van der Waals surface area contributed by atoms with Gasteiger partial charge < -0.3 is 15.7 Å². The number of nitrogens with two attached hydrogens (primary N) is 1. The minimum atomic E-state index is -0.618. The summed E-state index contributed by atoms with van der Waals surface area (Å²) in [5, 5.41) is 13.5. The number of aromatic hydroxyl groups is 1. The summed E-state index contributed by atoms with van der Waals surface area (Å²) in [6.07, 6.45) is 4.05. The van der Waals surface area contributed by atoms with E-state index in [2.05, 4.69) is 5.10 Å². The van der Waals surface area contributed by atoms with Crippen LogP contribution < -0.4 is 5.73 Å². The molecule has 0 radical (unpaired) electrons. The summed E-state index contributed by atoms with van der Waals surface area (Å²) in [5.41, 5.74) is 8.97. The fourth-order valence-corrected chi connectivity index (χ4v) is 2.78. The molecule has 0 aliphatic carbocycles. The molecule has 0 bridgehead atoms. The zero-order valence-electron chi connectivity index (χ0n) is 15.0. The molecule has 0 fully saturated rings. The van der Waals surface area contributed by atoms with Crippen LogP contribution in [0.3, 0.4) is 0 Å². The number of likely N-dealkylation sites (N-methyl/N-ethyl adjacent to an activating group) is 1. The molecule has 0 aliphatic heterocycles. The van der Waals surface area contributed by atoms with Gasteiger partial charge in [-0.25, -0.2) is 4.68 Å². The van der Waals surface area contributed by atoms with Crippen LogP contribution in [0.1, 0.15) is 11.1 Å². The average molecular weight is 387 g/mol. The van der Waals surface area contributed by atoms with E-state index < -0.39 is 6.04 Å². The van der Waals surface area contributed by atoms with Crippen molar-refractivity contribution in [3.05, 3.63) is 78.1 Å². The number of carbonyl (C=O) groups is 1.